The van der Waals surface area contributed by atoms with Crippen LogP contribution in [0.3, 0.4) is 0 Å². The number of hydrogen-bond donors (Lipinski definition) is 0. The number of ketones is 2. The van der Waals surface area contributed by atoms with Gasteiger partial charge in [0.1, 0.15) is 11.4 Å². The summed E-state index contributed by atoms with van der Waals surface area (Å²) in [5, 5.41) is 0. The van der Waals surface area contributed by atoms with E-state index in [1.54, 1.807) is 0 Å². The number of hydrogen-bond acceptors (Lipinski definition) is 5. The van der Waals surface area contributed by atoms with Crippen LogP contribution in [0.4, 0.5) is 0 Å². The van der Waals surface area contributed by atoms with Gasteiger partial charge in [-0.05, 0) is 12.8 Å². The van der Waals surface area contributed by atoms with Gasteiger partial charge in [0, 0.05) is 31.6 Å². The molecular formula is C12H11N3O2. The average molecular weight is 229 g/mol. The molecule has 1 saturated heterocycles. The molecule has 1 fully saturated rings. The van der Waals surface area contributed by atoms with Crippen molar-refractivity contribution in [2.24, 2.45) is 0 Å². The first-order chi connectivity index (χ1) is 8.27. The van der Waals surface area contributed by atoms with Crippen molar-refractivity contribution in [3.63, 3.8) is 0 Å². The van der Waals surface area contributed by atoms with Crippen LogP contribution in [0, 0.1) is 0 Å². The van der Waals surface area contributed by atoms with E-state index >= 15 is 0 Å². The van der Waals surface area contributed by atoms with Gasteiger partial charge in [0.15, 0.2) is 0 Å². The Morgan fingerprint density at radius 1 is 1.00 bits per heavy atom. The van der Waals surface area contributed by atoms with Crippen LogP contribution < -0.4 is 0 Å². The molecule has 0 saturated carbocycles. The van der Waals surface area contributed by atoms with Crippen molar-refractivity contribution in [1.29, 1.82) is 0 Å². The van der Waals surface area contributed by atoms with E-state index < -0.39 is 0 Å². The van der Waals surface area contributed by atoms with Gasteiger partial charge in [-0.3, -0.25) is 9.59 Å². The Morgan fingerprint density at radius 3 is 2.35 bits per heavy atom. The van der Waals surface area contributed by atoms with E-state index in [0.29, 0.717) is 5.70 Å². The fraction of sp³-hybridized carbons (Fsp3) is 0.333. The number of Topliss-reactive ketones (excluding diaryl/α,β-unsaturated/α-hetero) is 1. The highest BCUT2D eigenvalue weighted by molar-refractivity contribution is 6.22. The topological polar surface area (TPSA) is 63.2 Å². The molecule has 17 heavy (non-hydrogen) atoms. The van der Waals surface area contributed by atoms with Gasteiger partial charge in [0.05, 0.1) is 5.70 Å². The van der Waals surface area contributed by atoms with E-state index in [2.05, 4.69) is 9.97 Å². The van der Waals surface area contributed by atoms with Gasteiger partial charge in [0.25, 0.3) is 0 Å². The van der Waals surface area contributed by atoms with Crippen LogP contribution in [-0.4, -0.2) is 39.5 Å². The number of carbonyl (C=O) groups is 2. The first kappa shape index (κ1) is 10.1. The molecule has 5 heteroatoms. The zero-order valence-corrected chi connectivity index (χ0v) is 9.22. The fourth-order valence-corrected chi connectivity index (χ4v) is 2.26. The van der Waals surface area contributed by atoms with Crippen LogP contribution in [-0.2, 0) is 0 Å². The van der Waals surface area contributed by atoms with E-state index in [9.17, 15) is 9.59 Å². The van der Waals surface area contributed by atoms with E-state index in [-0.39, 0.29) is 23.0 Å². The number of fused-ring (bicyclic) bond motifs is 1. The molecule has 2 heterocycles. The molecule has 0 spiro atoms. The third-order valence-corrected chi connectivity index (χ3v) is 3.09. The third-order valence-electron chi connectivity index (χ3n) is 3.09. The molecular weight excluding hydrogens is 218 g/mol. The molecule has 1 aromatic rings. The third kappa shape index (κ3) is 1.54. The van der Waals surface area contributed by atoms with E-state index in [1.165, 1.54) is 18.5 Å². The van der Waals surface area contributed by atoms with Crippen LogP contribution in [0.1, 0.15) is 33.8 Å². The number of rotatable bonds is 1. The standard InChI is InChI=1S/C12H11N3O2/c16-9-7-8(15-5-1-2-6-15)12(17)11-10(9)13-3-4-14-11/h3-4,7H,1-2,5-6H2. The molecule has 0 amide bonds. The summed E-state index contributed by atoms with van der Waals surface area (Å²) in [5.74, 6) is -0.413. The van der Waals surface area contributed by atoms with Crippen LogP contribution in [0.5, 0.6) is 0 Å². The van der Waals surface area contributed by atoms with Crippen molar-refractivity contribution in [2.45, 2.75) is 12.8 Å². The fourth-order valence-electron chi connectivity index (χ4n) is 2.26. The summed E-state index contributed by atoms with van der Waals surface area (Å²) in [6.45, 7) is 1.67. The molecule has 2 aliphatic rings. The van der Waals surface area contributed by atoms with Crippen molar-refractivity contribution in [3.8, 4) is 0 Å². The van der Waals surface area contributed by atoms with Crippen LogP contribution >= 0.6 is 0 Å². The van der Waals surface area contributed by atoms with Crippen LogP contribution in [0.25, 0.3) is 0 Å². The average Bonchev–Trinajstić information content (AvgIpc) is 2.87. The highest BCUT2D eigenvalue weighted by Gasteiger charge is 2.31. The first-order valence-corrected chi connectivity index (χ1v) is 5.64. The largest absolute Gasteiger partial charge is 0.368 e. The summed E-state index contributed by atoms with van der Waals surface area (Å²) in [5.41, 5.74) is 0.822. The zero-order chi connectivity index (χ0) is 11.8. The van der Waals surface area contributed by atoms with E-state index in [4.69, 9.17) is 0 Å². The molecule has 3 rings (SSSR count). The second-order valence-electron chi connectivity index (χ2n) is 4.17. The molecule has 0 N–H and O–H groups in total. The minimum atomic E-state index is -0.227. The Balaban J connectivity index is 2.04. The zero-order valence-electron chi connectivity index (χ0n) is 9.22. The minimum Gasteiger partial charge on any atom is -0.368 e. The monoisotopic (exact) mass is 229 g/mol. The number of nitrogens with zero attached hydrogens (tertiary/aromatic N) is 3. The Morgan fingerprint density at radius 2 is 1.65 bits per heavy atom. The highest BCUT2D eigenvalue weighted by Crippen LogP contribution is 2.23. The molecule has 86 valence electrons. The first-order valence-electron chi connectivity index (χ1n) is 5.64. The van der Waals surface area contributed by atoms with Gasteiger partial charge in [0.2, 0.25) is 11.6 Å². The number of likely N-dealkylation sites (tertiary alicyclic amines) is 1. The van der Waals surface area contributed by atoms with Crippen LogP contribution in [0.2, 0.25) is 0 Å². The lowest BCUT2D eigenvalue weighted by molar-refractivity contribution is 0.0949. The maximum atomic E-state index is 12.2. The molecule has 0 unspecified atom stereocenters. The number of allylic oxidation sites excluding steroid dienone is 2. The van der Waals surface area contributed by atoms with E-state index in [1.807, 2.05) is 4.90 Å². The Bertz CT molecular complexity index is 530. The molecule has 0 atom stereocenters. The molecule has 1 aliphatic carbocycles. The van der Waals surface area contributed by atoms with Crippen molar-refractivity contribution < 1.29 is 9.59 Å². The second kappa shape index (κ2) is 3.76. The Kier molecular flexibility index (Phi) is 2.24. The molecule has 1 aliphatic heterocycles. The van der Waals surface area contributed by atoms with Gasteiger partial charge in [-0.2, -0.15) is 0 Å². The van der Waals surface area contributed by atoms with Crippen molar-refractivity contribution in [1.82, 2.24) is 14.9 Å². The maximum absolute atomic E-state index is 12.2. The Hall–Kier alpha value is -2.04. The SMILES string of the molecule is O=C1C=C(N2CCCC2)C(=O)c2nccnc21. The lowest BCUT2D eigenvalue weighted by Crippen LogP contribution is -2.30. The molecule has 0 aromatic carbocycles. The van der Waals surface area contributed by atoms with Crippen LogP contribution in [0.15, 0.2) is 24.2 Å². The summed E-state index contributed by atoms with van der Waals surface area (Å²) >= 11 is 0. The van der Waals surface area contributed by atoms with Gasteiger partial charge in [-0.15, -0.1) is 0 Å². The van der Waals surface area contributed by atoms with Gasteiger partial charge in [-0.25, -0.2) is 9.97 Å². The van der Waals surface area contributed by atoms with Crippen molar-refractivity contribution in [3.05, 3.63) is 35.6 Å². The quantitative estimate of drug-likeness (QED) is 0.714. The normalized spacial score (nSPS) is 19.3. The summed E-state index contributed by atoms with van der Waals surface area (Å²) in [6, 6.07) is 0. The predicted octanol–water partition coefficient (Wildman–Crippen LogP) is 0.835. The second-order valence-corrected chi connectivity index (χ2v) is 4.17. The smallest absolute Gasteiger partial charge is 0.229 e. The molecule has 5 nitrogen and oxygen atoms in total. The molecule has 1 aromatic heterocycles. The molecule has 0 bridgehead atoms. The minimum absolute atomic E-state index is 0.167. The lowest BCUT2D eigenvalue weighted by Gasteiger charge is -2.22. The summed E-state index contributed by atoms with van der Waals surface area (Å²) < 4.78 is 0. The van der Waals surface area contributed by atoms with Gasteiger partial charge >= 0.3 is 0 Å². The number of aromatic nitrogens is 2. The summed E-state index contributed by atoms with van der Waals surface area (Å²) in [7, 11) is 0. The van der Waals surface area contributed by atoms with Gasteiger partial charge < -0.3 is 4.90 Å². The highest BCUT2D eigenvalue weighted by atomic mass is 16.1. The predicted molar refractivity (Wildman–Crippen MR) is 59.6 cm³/mol. The van der Waals surface area contributed by atoms with Crippen molar-refractivity contribution >= 4 is 11.6 Å². The lowest BCUT2D eigenvalue weighted by atomic mass is 10.0. The van der Waals surface area contributed by atoms with E-state index in [0.717, 1.165) is 25.9 Å². The maximum Gasteiger partial charge on any atom is 0.229 e. The van der Waals surface area contributed by atoms with Gasteiger partial charge in [-0.1, -0.05) is 0 Å². The van der Waals surface area contributed by atoms with Crippen molar-refractivity contribution in [2.75, 3.05) is 13.1 Å². The number of carbonyl (C=O) groups excluding carboxylic acids is 2. The summed E-state index contributed by atoms with van der Waals surface area (Å²) in [6.07, 6.45) is 6.39. The summed E-state index contributed by atoms with van der Waals surface area (Å²) in [4.78, 5) is 33.9. The Labute approximate surface area is 98.2 Å². The molecule has 0 radical (unpaired) electrons.